The van der Waals surface area contributed by atoms with Crippen LogP contribution in [0.25, 0.3) is 0 Å². The van der Waals surface area contributed by atoms with E-state index < -0.39 is 11.4 Å². The molecule has 12 heavy (non-hydrogen) atoms. The third-order valence-electron chi connectivity index (χ3n) is 1.19. The molecule has 0 fully saturated rings. The number of nitrogens with one attached hydrogen (secondary N) is 1. The van der Waals surface area contributed by atoms with E-state index in [4.69, 9.17) is 10.4 Å². The zero-order valence-electron chi connectivity index (χ0n) is 6.06. The Balaban J connectivity index is 2.71. The van der Waals surface area contributed by atoms with E-state index in [-0.39, 0.29) is 0 Å². The second-order valence-electron chi connectivity index (χ2n) is 1.97. The molecule has 6 heteroatoms. The molecule has 4 N–H and O–H groups in total. The number of nitrogen functional groups attached to an aromatic ring is 1. The van der Waals surface area contributed by atoms with Crippen LogP contribution in [0.3, 0.4) is 0 Å². The highest BCUT2D eigenvalue weighted by atomic mass is 32.2. The molecule has 0 aromatic heterocycles. The maximum atomic E-state index is 10.2. The molecule has 0 aliphatic carbocycles. The van der Waals surface area contributed by atoms with Crippen molar-refractivity contribution in [2.24, 2.45) is 5.84 Å². The van der Waals surface area contributed by atoms with Crippen LogP contribution in [0.15, 0.2) is 24.3 Å². The molecule has 66 valence electrons. The number of benzene rings is 1. The molecule has 0 heterocycles. The lowest BCUT2D eigenvalue weighted by molar-refractivity contribution is 0.458. The van der Waals surface area contributed by atoms with Gasteiger partial charge in [0.1, 0.15) is 5.75 Å². The number of hydrogen-bond acceptors (Lipinski definition) is 4. The summed E-state index contributed by atoms with van der Waals surface area (Å²) in [6.45, 7) is 0. The standard InChI is InChI=1S/C6H8N2O3S/c7-8-5-1-3-6(4-2-5)11-12(9)10/h1-4,8H,7H2,(H,9,10). The summed E-state index contributed by atoms with van der Waals surface area (Å²) in [4.78, 5) is 0. The van der Waals surface area contributed by atoms with Gasteiger partial charge in [-0.15, -0.1) is 0 Å². The number of hydrazine groups is 1. The molecule has 0 saturated heterocycles. The van der Waals surface area contributed by atoms with E-state index in [1.807, 2.05) is 0 Å². The molecule has 1 atom stereocenters. The van der Waals surface area contributed by atoms with E-state index in [1.165, 1.54) is 12.1 Å². The van der Waals surface area contributed by atoms with Gasteiger partial charge >= 0.3 is 11.4 Å². The smallest absolute Gasteiger partial charge is 0.357 e. The van der Waals surface area contributed by atoms with Crippen LogP contribution in [0.2, 0.25) is 0 Å². The molecule has 0 saturated carbocycles. The van der Waals surface area contributed by atoms with Crippen LogP contribution in [0.4, 0.5) is 5.69 Å². The summed E-state index contributed by atoms with van der Waals surface area (Å²) in [5.41, 5.74) is 3.11. The minimum atomic E-state index is -2.28. The van der Waals surface area contributed by atoms with Gasteiger partial charge in [0.25, 0.3) is 0 Å². The van der Waals surface area contributed by atoms with Crippen molar-refractivity contribution >= 4 is 17.0 Å². The molecule has 0 aliphatic heterocycles. The summed E-state index contributed by atoms with van der Waals surface area (Å²) in [7, 11) is 0. The first-order valence-corrected chi connectivity index (χ1v) is 4.11. The molecule has 0 amide bonds. The van der Waals surface area contributed by atoms with Gasteiger partial charge in [0.2, 0.25) is 0 Å². The first-order chi connectivity index (χ1) is 5.72. The van der Waals surface area contributed by atoms with E-state index >= 15 is 0 Å². The average molecular weight is 188 g/mol. The van der Waals surface area contributed by atoms with Crippen LogP contribution in [0, 0.1) is 0 Å². The van der Waals surface area contributed by atoms with E-state index in [0.717, 1.165) is 0 Å². The predicted octanol–water partition coefficient (Wildman–Crippen LogP) is 0.488. The topological polar surface area (TPSA) is 84.6 Å². The largest absolute Gasteiger partial charge is 0.380 e. The van der Waals surface area contributed by atoms with Crippen molar-refractivity contribution in [3.8, 4) is 5.75 Å². The SMILES string of the molecule is NNc1ccc(OS(=O)O)cc1. The van der Waals surface area contributed by atoms with Crippen molar-refractivity contribution in [2.45, 2.75) is 0 Å². The Labute approximate surface area is 72.0 Å². The van der Waals surface area contributed by atoms with Gasteiger partial charge in [-0.05, 0) is 24.3 Å². The summed E-state index contributed by atoms with van der Waals surface area (Å²) in [5.74, 6) is 5.42. The first kappa shape index (κ1) is 8.98. The lowest BCUT2D eigenvalue weighted by Crippen LogP contribution is -2.06. The van der Waals surface area contributed by atoms with Gasteiger partial charge in [-0.25, -0.2) is 0 Å². The summed E-state index contributed by atoms with van der Waals surface area (Å²) >= 11 is -2.28. The molecular formula is C6H8N2O3S. The van der Waals surface area contributed by atoms with Crippen molar-refractivity contribution < 1.29 is 12.9 Å². The molecule has 0 radical (unpaired) electrons. The van der Waals surface area contributed by atoms with Gasteiger partial charge in [-0.3, -0.25) is 10.4 Å². The number of hydrogen-bond donors (Lipinski definition) is 3. The summed E-state index contributed by atoms with van der Waals surface area (Å²) < 4.78 is 23.0. The van der Waals surface area contributed by atoms with E-state index in [1.54, 1.807) is 12.1 Å². The molecule has 5 nitrogen and oxygen atoms in total. The zero-order valence-corrected chi connectivity index (χ0v) is 6.88. The fourth-order valence-electron chi connectivity index (χ4n) is 0.689. The zero-order chi connectivity index (χ0) is 8.97. The molecule has 1 rings (SSSR count). The minimum absolute atomic E-state index is 0.315. The van der Waals surface area contributed by atoms with Gasteiger partial charge in [-0.2, -0.15) is 4.21 Å². The van der Waals surface area contributed by atoms with Gasteiger partial charge in [0, 0.05) is 5.69 Å². The van der Waals surface area contributed by atoms with Crippen molar-refractivity contribution in [3.05, 3.63) is 24.3 Å². The lowest BCUT2D eigenvalue weighted by Gasteiger charge is -2.01. The van der Waals surface area contributed by atoms with Gasteiger partial charge in [0.05, 0.1) is 0 Å². The Bertz CT molecular complexity index is 275. The highest BCUT2D eigenvalue weighted by Gasteiger charge is 1.96. The third-order valence-corrected chi connectivity index (χ3v) is 1.52. The van der Waals surface area contributed by atoms with Crippen molar-refractivity contribution in [1.29, 1.82) is 0 Å². The van der Waals surface area contributed by atoms with Crippen LogP contribution in [0.5, 0.6) is 5.75 Å². The summed E-state index contributed by atoms with van der Waals surface area (Å²) in [5, 5.41) is 0. The predicted molar refractivity (Wildman–Crippen MR) is 45.7 cm³/mol. The second kappa shape index (κ2) is 4.05. The van der Waals surface area contributed by atoms with Gasteiger partial charge in [-0.1, -0.05) is 0 Å². The molecule has 0 aliphatic rings. The Morgan fingerprint density at radius 3 is 2.42 bits per heavy atom. The Morgan fingerprint density at radius 1 is 1.42 bits per heavy atom. The summed E-state index contributed by atoms with van der Waals surface area (Å²) in [6, 6.07) is 6.32. The van der Waals surface area contributed by atoms with Crippen LogP contribution in [-0.2, 0) is 11.4 Å². The van der Waals surface area contributed by atoms with Gasteiger partial charge < -0.3 is 9.61 Å². The van der Waals surface area contributed by atoms with Crippen molar-refractivity contribution in [3.63, 3.8) is 0 Å². The molecule has 0 spiro atoms. The molecule has 1 aromatic rings. The van der Waals surface area contributed by atoms with Crippen LogP contribution < -0.4 is 15.5 Å². The maximum absolute atomic E-state index is 10.2. The van der Waals surface area contributed by atoms with Crippen molar-refractivity contribution in [2.75, 3.05) is 5.43 Å². The fourth-order valence-corrected chi connectivity index (χ4v) is 0.965. The van der Waals surface area contributed by atoms with Crippen molar-refractivity contribution in [1.82, 2.24) is 0 Å². The van der Waals surface area contributed by atoms with Crippen LogP contribution in [0.1, 0.15) is 0 Å². The second-order valence-corrected chi connectivity index (χ2v) is 2.57. The van der Waals surface area contributed by atoms with Crippen LogP contribution in [-0.4, -0.2) is 8.76 Å². The quantitative estimate of drug-likeness (QED) is 0.365. The maximum Gasteiger partial charge on any atom is 0.357 e. The number of rotatable bonds is 3. The monoisotopic (exact) mass is 188 g/mol. The minimum Gasteiger partial charge on any atom is -0.380 e. The fraction of sp³-hybridized carbons (Fsp3) is 0. The lowest BCUT2D eigenvalue weighted by atomic mass is 10.3. The third kappa shape index (κ3) is 2.50. The number of anilines is 1. The Hall–Kier alpha value is -1.11. The number of nitrogens with two attached hydrogens (primary N) is 1. The molecule has 1 unspecified atom stereocenters. The normalized spacial score (nSPS) is 12.2. The van der Waals surface area contributed by atoms with E-state index in [2.05, 4.69) is 9.61 Å². The highest BCUT2D eigenvalue weighted by Crippen LogP contribution is 2.14. The summed E-state index contributed by atoms with van der Waals surface area (Å²) in [6.07, 6.45) is 0. The van der Waals surface area contributed by atoms with Gasteiger partial charge in [0.15, 0.2) is 0 Å². The Kier molecular flexibility index (Phi) is 3.03. The van der Waals surface area contributed by atoms with Crippen LogP contribution >= 0.6 is 0 Å². The molecule has 1 aromatic carbocycles. The highest BCUT2D eigenvalue weighted by molar-refractivity contribution is 7.74. The Morgan fingerprint density at radius 2 is 2.00 bits per heavy atom. The van der Waals surface area contributed by atoms with E-state index in [0.29, 0.717) is 11.4 Å². The van der Waals surface area contributed by atoms with E-state index in [9.17, 15) is 4.21 Å². The average Bonchev–Trinajstić information content (AvgIpc) is 2.05. The first-order valence-electron chi connectivity index (χ1n) is 3.08. The molecular weight excluding hydrogens is 180 g/mol. The molecule has 0 bridgehead atoms.